The van der Waals surface area contributed by atoms with Crippen LogP contribution in [0.25, 0.3) is 0 Å². The van der Waals surface area contributed by atoms with E-state index in [4.69, 9.17) is 20.8 Å². The molecule has 1 atom stereocenters. The molecule has 1 aliphatic carbocycles. The summed E-state index contributed by atoms with van der Waals surface area (Å²) in [6.07, 6.45) is 4.73. The monoisotopic (exact) mass is 666 g/mol. The Labute approximate surface area is 260 Å². The molecule has 0 amide bonds. The molecule has 0 fully saturated rings. The second-order valence-corrected chi connectivity index (χ2v) is 23.4. The van der Waals surface area contributed by atoms with Gasteiger partial charge in [0.25, 0.3) is 8.32 Å². The lowest BCUT2D eigenvalue weighted by Crippen LogP contribution is -2.66. The Balaban J connectivity index is 1.86. The molecule has 0 bridgehead atoms. The van der Waals surface area contributed by atoms with Crippen LogP contribution in [0, 0.1) is 0 Å². The molecule has 0 aliphatic heterocycles. The molecule has 0 N–H and O–H groups in total. The van der Waals surface area contributed by atoms with E-state index in [0.29, 0.717) is 13.0 Å². The number of hydrogen-bond acceptors (Lipinski definition) is 3. The summed E-state index contributed by atoms with van der Waals surface area (Å²) >= 11 is 10.6. The van der Waals surface area contributed by atoms with Gasteiger partial charge in [-0.15, -0.1) is 0 Å². The minimum Gasteiger partial charge on any atom is -0.497 e. The lowest BCUT2D eigenvalue weighted by atomic mass is 9.75. The van der Waals surface area contributed by atoms with Crippen LogP contribution in [-0.2, 0) is 14.6 Å². The van der Waals surface area contributed by atoms with Crippen molar-refractivity contribution in [1.82, 2.24) is 0 Å². The first-order valence-corrected chi connectivity index (χ1v) is 20.6. The minimum atomic E-state index is -2.74. The van der Waals surface area contributed by atoms with Crippen molar-refractivity contribution in [2.45, 2.75) is 57.3 Å². The van der Waals surface area contributed by atoms with Crippen LogP contribution in [0.4, 0.5) is 0 Å². The van der Waals surface area contributed by atoms with Crippen molar-refractivity contribution in [3.63, 3.8) is 0 Å². The van der Waals surface area contributed by atoms with Gasteiger partial charge >= 0.3 is 0 Å². The summed E-state index contributed by atoms with van der Waals surface area (Å²) in [5.74, 6) is 0.703. The predicted molar refractivity (Wildman–Crippen MR) is 181 cm³/mol. The van der Waals surface area contributed by atoms with Crippen molar-refractivity contribution in [2.24, 2.45) is 0 Å². The summed E-state index contributed by atoms with van der Waals surface area (Å²) in [4.78, 5) is 13.3. The molecule has 3 aromatic rings. The standard InChI is InChI=1S/C34H40BrClO3Si2/c1-33(2,3)41(26-14-10-8-11-15-26,27-16-12-9-13-17-27)39-21-20-34(28-19-18-25(38-4)22-29(28)35)23-30(36)32(37)31(24-34)40(5,6)7/h8-19,22-24H,20-21H2,1-7H3. The van der Waals surface area contributed by atoms with Gasteiger partial charge in [-0.3, -0.25) is 4.79 Å². The number of rotatable bonds is 9. The van der Waals surface area contributed by atoms with Gasteiger partial charge in [0.1, 0.15) is 5.75 Å². The van der Waals surface area contributed by atoms with Gasteiger partial charge in [-0.05, 0) is 50.8 Å². The van der Waals surface area contributed by atoms with Gasteiger partial charge in [-0.25, -0.2) is 0 Å². The highest BCUT2D eigenvalue weighted by Crippen LogP contribution is 2.45. The molecule has 0 aromatic heterocycles. The summed E-state index contributed by atoms with van der Waals surface area (Å²) in [6.45, 7) is 13.9. The quantitative estimate of drug-likeness (QED) is 0.216. The summed E-state index contributed by atoms with van der Waals surface area (Å²) in [5.41, 5.74) is 0.405. The van der Waals surface area contributed by atoms with Gasteiger partial charge in [0.2, 0.25) is 0 Å². The molecule has 0 radical (unpaired) electrons. The Morgan fingerprint density at radius 2 is 1.44 bits per heavy atom. The van der Waals surface area contributed by atoms with Crippen molar-refractivity contribution in [3.8, 4) is 5.75 Å². The third kappa shape index (κ3) is 6.27. The zero-order valence-corrected chi connectivity index (χ0v) is 29.4. The third-order valence-corrected chi connectivity index (χ3v) is 16.0. The van der Waals surface area contributed by atoms with E-state index in [2.05, 4.69) is 129 Å². The molecule has 3 aromatic carbocycles. The molecule has 0 spiro atoms. The SMILES string of the molecule is COc1ccc(C2(CCO[Si](c3ccccc3)(c3ccccc3)C(C)(C)C)C=C(Cl)C(=O)C([Si](C)(C)C)=C2)c(Br)c1. The van der Waals surface area contributed by atoms with Gasteiger partial charge < -0.3 is 9.16 Å². The number of carbonyl (C=O) groups is 1. The van der Waals surface area contributed by atoms with Crippen LogP contribution in [0.1, 0.15) is 32.8 Å². The molecule has 1 aliphatic rings. The normalized spacial score (nSPS) is 18.1. The number of ketones is 1. The molecule has 3 nitrogen and oxygen atoms in total. The average Bonchev–Trinajstić information content (AvgIpc) is 2.92. The van der Waals surface area contributed by atoms with Crippen LogP contribution in [0.5, 0.6) is 5.75 Å². The summed E-state index contributed by atoms with van der Waals surface area (Å²) in [5, 5.41) is 3.46. The Bertz CT molecular complexity index is 1420. The van der Waals surface area contributed by atoms with Crippen LogP contribution in [0.2, 0.25) is 24.7 Å². The predicted octanol–water partition coefficient (Wildman–Crippen LogP) is 8.17. The fourth-order valence-corrected chi connectivity index (χ4v) is 13.1. The number of Topliss-reactive ketones (excluding diaryl/α,β-unsaturated/α-hetero) is 1. The van der Waals surface area contributed by atoms with Gasteiger partial charge in [0, 0.05) is 16.5 Å². The maximum atomic E-state index is 13.3. The van der Waals surface area contributed by atoms with Crippen LogP contribution in [-0.4, -0.2) is 35.9 Å². The van der Waals surface area contributed by atoms with E-state index in [1.54, 1.807) is 7.11 Å². The number of methoxy groups -OCH3 is 1. The lowest BCUT2D eigenvalue weighted by molar-refractivity contribution is -0.111. The first-order chi connectivity index (χ1) is 19.2. The van der Waals surface area contributed by atoms with E-state index in [9.17, 15) is 4.79 Å². The topological polar surface area (TPSA) is 35.5 Å². The Kier molecular flexibility index (Phi) is 9.41. The molecule has 216 valence electrons. The maximum Gasteiger partial charge on any atom is 0.261 e. The van der Waals surface area contributed by atoms with Crippen LogP contribution < -0.4 is 15.1 Å². The highest BCUT2D eigenvalue weighted by Gasteiger charge is 2.50. The van der Waals surface area contributed by atoms with E-state index in [1.165, 1.54) is 10.4 Å². The second-order valence-electron chi connectivity index (χ2n) is 12.8. The number of ether oxygens (including phenoxy) is 1. The average molecular weight is 668 g/mol. The molecule has 4 rings (SSSR count). The second kappa shape index (κ2) is 12.2. The van der Waals surface area contributed by atoms with Crippen LogP contribution >= 0.6 is 27.5 Å². The molecule has 0 heterocycles. The number of benzene rings is 3. The van der Waals surface area contributed by atoms with Gasteiger partial charge in [0.15, 0.2) is 5.78 Å². The van der Waals surface area contributed by atoms with Crippen molar-refractivity contribution < 1.29 is 14.0 Å². The Hall–Kier alpha value is -2.23. The number of halogens is 2. The van der Waals surface area contributed by atoms with Crippen molar-refractivity contribution in [2.75, 3.05) is 13.7 Å². The zero-order chi connectivity index (χ0) is 30.1. The minimum absolute atomic E-state index is 0.0565. The summed E-state index contributed by atoms with van der Waals surface area (Å²) in [6, 6.07) is 27.4. The van der Waals surface area contributed by atoms with E-state index in [-0.39, 0.29) is 15.9 Å². The summed E-state index contributed by atoms with van der Waals surface area (Å²) < 4.78 is 13.7. The highest BCUT2D eigenvalue weighted by atomic mass is 79.9. The highest BCUT2D eigenvalue weighted by molar-refractivity contribution is 9.10. The molecule has 7 heteroatoms. The number of hydrogen-bond donors (Lipinski definition) is 0. The molecular weight excluding hydrogens is 628 g/mol. The molecule has 0 saturated carbocycles. The van der Waals surface area contributed by atoms with Crippen molar-refractivity contribution >= 4 is 60.1 Å². The first-order valence-electron chi connectivity index (χ1n) is 14.0. The first kappa shape index (κ1) is 31.7. The van der Waals surface area contributed by atoms with Gasteiger partial charge in [0.05, 0.1) is 20.2 Å². The van der Waals surface area contributed by atoms with Crippen molar-refractivity contribution in [1.29, 1.82) is 0 Å². The van der Waals surface area contributed by atoms with E-state index in [1.807, 2.05) is 18.2 Å². The maximum absolute atomic E-state index is 13.3. The third-order valence-electron chi connectivity index (χ3n) is 7.98. The van der Waals surface area contributed by atoms with Crippen molar-refractivity contribution in [3.05, 3.63) is 111 Å². The van der Waals surface area contributed by atoms with Gasteiger partial charge in [-0.2, -0.15) is 0 Å². The fourth-order valence-electron chi connectivity index (χ4n) is 5.91. The smallest absolute Gasteiger partial charge is 0.261 e. The van der Waals surface area contributed by atoms with E-state index in [0.717, 1.165) is 21.0 Å². The summed E-state index contributed by atoms with van der Waals surface area (Å²) in [7, 11) is -3.10. The Morgan fingerprint density at radius 3 is 1.90 bits per heavy atom. The number of allylic oxidation sites excluding steroid dienone is 4. The lowest BCUT2D eigenvalue weighted by Gasteiger charge is -2.44. The van der Waals surface area contributed by atoms with Crippen LogP contribution in [0.15, 0.2) is 106 Å². The van der Waals surface area contributed by atoms with E-state index < -0.39 is 21.8 Å². The van der Waals surface area contributed by atoms with Gasteiger partial charge in [-0.1, -0.05) is 141 Å². The Morgan fingerprint density at radius 1 is 0.878 bits per heavy atom. The molecule has 41 heavy (non-hydrogen) atoms. The zero-order valence-electron chi connectivity index (χ0n) is 25.1. The number of carbonyl (C=O) groups excluding carboxylic acids is 1. The largest absolute Gasteiger partial charge is 0.497 e. The molecular formula is C34H40BrClO3Si2. The van der Waals surface area contributed by atoms with E-state index >= 15 is 0 Å². The fraction of sp³-hybridized carbons (Fsp3) is 0.324. The molecule has 1 unspecified atom stereocenters. The van der Waals surface area contributed by atoms with Crippen LogP contribution in [0.3, 0.4) is 0 Å². The molecule has 0 saturated heterocycles.